The first-order chi connectivity index (χ1) is 34.2. The van der Waals surface area contributed by atoms with E-state index in [1.165, 1.54) is 0 Å². The van der Waals surface area contributed by atoms with E-state index in [0.29, 0.717) is 5.56 Å². The zero-order valence-electron chi connectivity index (χ0n) is 44.5. The molecular formula is C51H83O19P3. The third-order valence-corrected chi connectivity index (χ3v) is 20.5. The average molecular weight is 1090 g/mol. The van der Waals surface area contributed by atoms with Gasteiger partial charge in [-0.15, -0.1) is 0 Å². The Morgan fingerprint density at radius 3 is 1.00 bits per heavy atom. The van der Waals surface area contributed by atoms with Gasteiger partial charge in [0.15, 0.2) is 0 Å². The minimum atomic E-state index is -4.68. The second kappa shape index (κ2) is 25.8. The van der Waals surface area contributed by atoms with E-state index >= 15 is 0 Å². The molecule has 22 heteroatoms. The molecule has 4 aliphatic heterocycles. The monoisotopic (exact) mass is 1090 g/mol. The highest BCUT2D eigenvalue weighted by atomic mass is 31.2. The maximum absolute atomic E-state index is 13.4. The lowest BCUT2D eigenvalue weighted by molar-refractivity contribution is -0.167. The van der Waals surface area contributed by atoms with Gasteiger partial charge in [-0.1, -0.05) is 113 Å². The zero-order chi connectivity index (χ0) is 53.7. The van der Waals surface area contributed by atoms with Gasteiger partial charge in [-0.3, -0.25) is 27.1 Å². The molecule has 0 aliphatic carbocycles. The molecule has 2 aromatic carbocycles. The van der Waals surface area contributed by atoms with Crippen LogP contribution in [0.3, 0.4) is 0 Å². The quantitative estimate of drug-likeness (QED) is 0.0633. The first-order valence-electron chi connectivity index (χ1n) is 26.0. The lowest BCUT2D eigenvalue weighted by Gasteiger charge is -2.44. The van der Waals surface area contributed by atoms with Gasteiger partial charge >= 0.3 is 29.4 Å². The highest BCUT2D eigenvalue weighted by Gasteiger charge is 2.46. The Balaban J connectivity index is 0.949. The summed E-state index contributed by atoms with van der Waals surface area (Å²) in [5, 5.41) is 11.7. The normalized spacial score (nSPS) is 39.8. The molecule has 4 N–H and O–H groups in total. The van der Waals surface area contributed by atoms with Crippen molar-refractivity contribution in [3.8, 4) is 0 Å². The first kappa shape index (κ1) is 60.5. The van der Waals surface area contributed by atoms with E-state index < -0.39 is 78.3 Å². The summed E-state index contributed by atoms with van der Waals surface area (Å²) in [6.07, 6.45) is -4.81. The Hall–Kier alpha value is -1.70. The van der Waals surface area contributed by atoms with Crippen molar-refractivity contribution < 1.29 is 89.1 Å². The van der Waals surface area contributed by atoms with Gasteiger partial charge in [-0.2, -0.15) is 0 Å². The number of hydrogen-bond acceptors (Lipinski definition) is 16. The Bertz CT molecular complexity index is 2250. The lowest BCUT2D eigenvalue weighted by Crippen LogP contribution is -2.48. The summed E-state index contributed by atoms with van der Waals surface area (Å²) in [6.45, 7) is 21.9. The molecule has 416 valence electrons. The number of esters is 1. The highest BCUT2D eigenvalue weighted by molar-refractivity contribution is 7.47. The number of carbonyl (C=O) groups is 1. The van der Waals surface area contributed by atoms with Crippen LogP contribution < -0.4 is 0 Å². The Morgan fingerprint density at radius 2 is 0.685 bits per heavy atom. The van der Waals surface area contributed by atoms with Gasteiger partial charge in [0.25, 0.3) is 0 Å². The Morgan fingerprint density at radius 1 is 0.411 bits per heavy atom. The van der Waals surface area contributed by atoms with E-state index in [1.807, 2.05) is 99.6 Å². The molecule has 4 aliphatic rings. The zero-order valence-corrected chi connectivity index (χ0v) is 47.2. The van der Waals surface area contributed by atoms with Crippen molar-refractivity contribution in [2.45, 2.75) is 132 Å². The third kappa shape index (κ3) is 15.5. The summed E-state index contributed by atoms with van der Waals surface area (Å²) in [6, 6.07) is 13.1. The number of hydrogen-bond donors (Lipinski definition) is 4. The van der Waals surface area contributed by atoms with E-state index in [1.54, 1.807) is 12.1 Å². The number of aliphatic hydroxyl groups excluding tert-OH is 1. The minimum Gasteiger partial charge on any atom is -0.459 e. The number of phosphoric acid groups is 3. The maximum Gasteiger partial charge on any atom is 0.472 e. The molecule has 73 heavy (non-hydrogen) atoms. The predicted octanol–water partition coefficient (Wildman–Crippen LogP) is 9.09. The Kier molecular flexibility index (Phi) is 21.4. The second-order valence-corrected chi connectivity index (χ2v) is 26.0. The molecule has 0 spiro atoms. The second-order valence-electron chi connectivity index (χ2n) is 21.7. The molecule has 6 rings (SSSR count). The van der Waals surface area contributed by atoms with Crippen molar-refractivity contribution in [1.29, 1.82) is 0 Å². The molecule has 2 aromatic rings. The van der Waals surface area contributed by atoms with Gasteiger partial charge < -0.3 is 43.5 Å². The fraction of sp³-hybridized carbons (Fsp3) is 0.784. The molecule has 0 bridgehead atoms. The van der Waals surface area contributed by atoms with Crippen molar-refractivity contribution in [2.75, 3.05) is 52.9 Å². The summed E-state index contributed by atoms with van der Waals surface area (Å²) in [5.41, 5.74) is 0.425. The van der Waals surface area contributed by atoms with E-state index in [9.17, 15) is 38.3 Å². The van der Waals surface area contributed by atoms with E-state index in [4.69, 9.17) is 50.8 Å². The van der Waals surface area contributed by atoms with Crippen LogP contribution in [0, 0.1) is 71.0 Å². The number of rotatable bonds is 22. The average Bonchev–Trinajstić information content (AvgIpc) is 3.36. The molecule has 0 radical (unpaired) electrons. The number of aliphatic hydroxyl groups is 1. The summed E-state index contributed by atoms with van der Waals surface area (Å²) >= 11 is 0. The van der Waals surface area contributed by atoms with Crippen LogP contribution in [0.5, 0.6) is 0 Å². The number of benzene rings is 2. The topological polar surface area (TPSA) is 251 Å². The largest absolute Gasteiger partial charge is 0.472 e. The number of carbonyl (C=O) groups excluding carboxylic acids is 1. The van der Waals surface area contributed by atoms with Gasteiger partial charge in [0, 0.05) is 0 Å². The van der Waals surface area contributed by atoms with E-state index in [0.717, 1.165) is 10.8 Å². The smallest absolute Gasteiger partial charge is 0.459 e. The highest BCUT2D eigenvalue weighted by Crippen LogP contribution is 2.50. The minimum absolute atomic E-state index is 0.00207. The van der Waals surface area contributed by atoms with Gasteiger partial charge in [-0.05, 0) is 93.9 Å². The van der Waals surface area contributed by atoms with Crippen LogP contribution in [0.4, 0.5) is 0 Å². The van der Waals surface area contributed by atoms with Gasteiger partial charge in [0.05, 0.1) is 101 Å². The van der Waals surface area contributed by atoms with Gasteiger partial charge in [0.2, 0.25) is 0 Å². The SMILES string of the molecule is C[C@@H]1[C@@H](C)[C@H](COP(=O)(O)OC[C@H]2O[C@@H](COP(=O)(O)OC[C@H]3O[C@@H](COP(=O)(O)OC[C@H]4O[C@@H](COC(=O)c5ccc6ccccc6c5)[C@H](C)[C@@H](C)[C@@H]4C)[C@H](C)[C@@H](C)[C@@H]3C)[C@H](C)[C@@H](C)[C@@H]2C)O[C@H](CO)[C@H]1C. The summed E-state index contributed by atoms with van der Waals surface area (Å²) in [4.78, 5) is 45.4. The fourth-order valence-corrected chi connectivity index (χ4v) is 13.0. The number of phosphoric ester groups is 3. The standard InChI is InChI=1S/C51H83O19P3/c1-28-32(5)43(20-52)67-45(34(28)7)22-61-71(54,55)63-24-47-36(9)30(3)38(11)49(69-47)26-65-73(58,59)66-27-50-39(12)31(4)37(10)48(70-50)25-64-72(56,57)62-23-46-35(8)29(2)33(6)44(68-46)21-60-51(53)42-18-17-40-15-13-14-16-41(40)19-42/h13-19,28-39,43-50,52H,20-27H2,1-12H3,(H,54,55)(H,56,57)(H,58,59)/t28-,29+,30-,31+,32-,33+,34+,35-,36-,37+,38+,39-,43+,44-,45-,46+,47+,48-,49-,50+/m0/s1. The van der Waals surface area contributed by atoms with Crippen LogP contribution in [0.25, 0.3) is 10.8 Å². The summed E-state index contributed by atoms with van der Waals surface area (Å²) < 4.78 is 103. The molecular weight excluding hydrogens is 1010 g/mol. The molecule has 4 fully saturated rings. The molecule has 19 nitrogen and oxygen atoms in total. The Labute approximate surface area is 431 Å². The molecule has 3 unspecified atom stereocenters. The lowest BCUT2D eigenvalue weighted by atomic mass is 9.77. The van der Waals surface area contributed by atoms with Crippen molar-refractivity contribution in [2.24, 2.45) is 71.0 Å². The third-order valence-electron chi connectivity index (χ3n) is 17.7. The fourth-order valence-electron chi connectivity index (χ4n) is 10.7. The van der Waals surface area contributed by atoms with E-state index in [-0.39, 0.29) is 124 Å². The summed E-state index contributed by atoms with van der Waals surface area (Å²) in [7, 11) is -13.9. The molecule has 0 aromatic heterocycles. The molecule has 0 saturated carbocycles. The molecule has 4 saturated heterocycles. The maximum atomic E-state index is 13.4. The van der Waals surface area contributed by atoms with Crippen molar-refractivity contribution >= 4 is 40.2 Å². The number of ether oxygens (including phenoxy) is 5. The van der Waals surface area contributed by atoms with Crippen molar-refractivity contribution in [1.82, 2.24) is 0 Å². The molecule has 23 atom stereocenters. The van der Waals surface area contributed by atoms with Crippen LogP contribution in [-0.4, -0.2) is 127 Å². The van der Waals surface area contributed by atoms with Crippen LogP contribution in [0.1, 0.15) is 93.4 Å². The number of fused-ring (bicyclic) bond motifs is 1. The first-order valence-corrected chi connectivity index (χ1v) is 30.5. The predicted molar refractivity (Wildman–Crippen MR) is 271 cm³/mol. The van der Waals surface area contributed by atoms with Gasteiger partial charge in [-0.25, -0.2) is 18.5 Å². The molecule has 0 amide bonds. The molecule has 4 heterocycles. The summed E-state index contributed by atoms with van der Waals surface area (Å²) in [5.74, 6) is -0.732. The van der Waals surface area contributed by atoms with Crippen LogP contribution in [0.2, 0.25) is 0 Å². The van der Waals surface area contributed by atoms with Crippen molar-refractivity contribution in [3.63, 3.8) is 0 Å². The van der Waals surface area contributed by atoms with Crippen LogP contribution in [-0.2, 0) is 64.5 Å². The van der Waals surface area contributed by atoms with Crippen LogP contribution in [0.15, 0.2) is 42.5 Å². The van der Waals surface area contributed by atoms with Crippen molar-refractivity contribution in [3.05, 3.63) is 48.0 Å². The van der Waals surface area contributed by atoms with E-state index in [2.05, 4.69) is 13.8 Å². The van der Waals surface area contributed by atoms with Gasteiger partial charge in [0.1, 0.15) is 6.61 Å². The van der Waals surface area contributed by atoms with Crippen LogP contribution >= 0.6 is 23.5 Å².